The van der Waals surface area contributed by atoms with Gasteiger partial charge >= 0.3 is 5.97 Å². The molecule has 26 heavy (non-hydrogen) atoms. The van der Waals surface area contributed by atoms with Crippen LogP contribution in [0.25, 0.3) is 10.4 Å². The number of hydrogen-bond donors (Lipinski definition) is 3. The third-order valence-corrected chi connectivity index (χ3v) is 5.11. The summed E-state index contributed by atoms with van der Waals surface area (Å²) in [6, 6.07) is 7.33. The summed E-state index contributed by atoms with van der Waals surface area (Å²) in [5.74, 6) is -1.54. The Kier molecular flexibility index (Phi) is 7.17. The molecule has 0 spiro atoms. The van der Waals surface area contributed by atoms with E-state index in [0.717, 1.165) is 22.9 Å². The van der Waals surface area contributed by atoms with Crippen molar-refractivity contribution < 1.29 is 14.7 Å². The van der Waals surface area contributed by atoms with E-state index in [-0.39, 0.29) is 16.8 Å². The zero-order chi connectivity index (χ0) is 19.1. The number of benzene rings is 1. The molecule has 1 aromatic carbocycles. The minimum atomic E-state index is -1.10. The third-order valence-electron chi connectivity index (χ3n) is 3.55. The number of carbonyl (C=O) groups excluding carboxylic acids is 1. The molecule has 5 nitrogen and oxygen atoms in total. The summed E-state index contributed by atoms with van der Waals surface area (Å²) >= 11 is 4.63. The lowest BCUT2D eigenvalue weighted by Crippen LogP contribution is -2.16. The van der Waals surface area contributed by atoms with E-state index < -0.39 is 11.9 Å². The molecule has 0 fully saturated rings. The van der Waals surface area contributed by atoms with Crippen LogP contribution in [0.2, 0.25) is 0 Å². The van der Waals surface area contributed by atoms with Crippen molar-refractivity contribution in [2.24, 2.45) is 5.73 Å². The maximum absolute atomic E-state index is 12.4. The molecule has 7 heteroatoms. The highest BCUT2D eigenvalue weighted by atomic mass is 79.9. The molecule has 2 rings (SSSR count). The summed E-state index contributed by atoms with van der Waals surface area (Å²) in [5.41, 5.74) is 6.91. The minimum absolute atomic E-state index is 0.0691. The molecule has 0 aliphatic heterocycles. The Morgan fingerprint density at radius 1 is 1.31 bits per heavy atom. The smallest absolute Gasteiger partial charge is 0.339 e. The number of allylic oxidation sites excluding steroid dienone is 1. The van der Waals surface area contributed by atoms with Crippen LogP contribution in [-0.2, 0) is 4.79 Å². The van der Waals surface area contributed by atoms with E-state index >= 15 is 0 Å². The lowest BCUT2D eigenvalue weighted by molar-refractivity contribution is -0.112. The standard InChI is InChI=1S/C19H19BrN2O3S/c1-2-3-4-5-13(10-21)18(23)22-15-11-26-17(16(15)19(24)25)12-6-8-14(20)9-7-12/h4-11H,2-3,21H2,1H3,(H,22,23)(H,24,25)/b5-4-,13-10+. The van der Waals surface area contributed by atoms with Gasteiger partial charge in [0, 0.05) is 16.1 Å². The van der Waals surface area contributed by atoms with Gasteiger partial charge in [-0.1, -0.05) is 53.6 Å². The lowest BCUT2D eigenvalue weighted by atomic mass is 10.1. The SMILES string of the molecule is CCC/C=C\C(=C/N)C(=O)Nc1csc(-c2ccc(Br)cc2)c1C(=O)O. The Morgan fingerprint density at radius 3 is 2.58 bits per heavy atom. The maximum atomic E-state index is 12.4. The number of aromatic carboxylic acids is 1. The van der Waals surface area contributed by atoms with Crippen LogP contribution in [-0.4, -0.2) is 17.0 Å². The van der Waals surface area contributed by atoms with Crippen molar-refractivity contribution in [2.45, 2.75) is 19.8 Å². The lowest BCUT2D eigenvalue weighted by Gasteiger charge is -2.07. The molecule has 2 aromatic rings. The molecule has 0 unspecified atom stereocenters. The molecule has 136 valence electrons. The molecule has 0 radical (unpaired) electrons. The van der Waals surface area contributed by atoms with Crippen molar-refractivity contribution in [3.63, 3.8) is 0 Å². The number of unbranched alkanes of at least 4 members (excludes halogenated alkanes) is 1. The first-order valence-electron chi connectivity index (χ1n) is 7.98. The summed E-state index contributed by atoms with van der Waals surface area (Å²) in [4.78, 5) is 24.7. The predicted molar refractivity (Wildman–Crippen MR) is 109 cm³/mol. The van der Waals surface area contributed by atoms with Crippen molar-refractivity contribution in [3.05, 3.63) is 63.6 Å². The second kappa shape index (κ2) is 9.35. The molecule has 1 heterocycles. The first kappa shape index (κ1) is 19.9. The van der Waals surface area contributed by atoms with Gasteiger partial charge in [-0.2, -0.15) is 0 Å². The van der Waals surface area contributed by atoms with Gasteiger partial charge in [0.1, 0.15) is 5.56 Å². The molecule has 0 atom stereocenters. The molecular weight excluding hydrogens is 416 g/mol. The predicted octanol–water partition coefficient (Wildman–Crippen LogP) is 5.01. The molecule has 4 N–H and O–H groups in total. The number of nitrogens with two attached hydrogens (primary N) is 1. The van der Waals surface area contributed by atoms with Gasteiger partial charge in [0.25, 0.3) is 5.91 Å². The summed E-state index contributed by atoms with van der Waals surface area (Å²) in [5, 5.41) is 13.9. The van der Waals surface area contributed by atoms with E-state index in [1.807, 2.05) is 37.3 Å². The Bertz CT molecular complexity index is 854. The topological polar surface area (TPSA) is 92.4 Å². The van der Waals surface area contributed by atoms with E-state index in [2.05, 4.69) is 21.2 Å². The first-order chi connectivity index (χ1) is 12.5. The number of anilines is 1. The van der Waals surface area contributed by atoms with Crippen LogP contribution in [0, 0.1) is 0 Å². The summed E-state index contributed by atoms with van der Waals surface area (Å²) in [7, 11) is 0. The molecule has 0 saturated heterocycles. The number of carbonyl (C=O) groups is 2. The fourth-order valence-corrected chi connectivity index (χ4v) is 3.52. The first-order valence-corrected chi connectivity index (χ1v) is 9.65. The van der Waals surface area contributed by atoms with E-state index in [4.69, 9.17) is 5.73 Å². The van der Waals surface area contributed by atoms with Crippen LogP contribution in [0.3, 0.4) is 0 Å². The number of carboxylic acid groups (broad SMARTS) is 1. The fourth-order valence-electron chi connectivity index (χ4n) is 2.25. The van der Waals surface area contributed by atoms with Crippen molar-refractivity contribution in [1.29, 1.82) is 0 Å². The Labute approximate surface area is 164 Å². The number of halogens is 1. The molecule has 0 aliphatic rings. The van der Waals surface area contributed by atoms with Gasteiger partial charge in [-0.25, -0.2) is 4.79 Å². The third kappa shape index (κ3) is 4.83. The van der Waals surface area contributed by atoms with Crippen molar-refractivity contribution >= 4 is 44.8 Å². The number of thiophene rings is 1. The highest BCUT2D eigenvalue weighted by Crippen LogP contribution is 2.36. The number of amides is 1. The minimum Gasteiger partial charge on any atom is -0.478 e. The van der Waals surface area contributed by atoms with E-state index in [1.54, 1.807) is 11.5 Å². The average molecular weight is 435 g/mol. The van der Waals surface area contributed by atoms with Gasteiger partial charge < -0.3 is 16.2 Å². The summed E-state index contributed by atoms with van der Waals surface area (Å²) in [6.45, 7) is 2.03. The Hall–Kier alpha value is -2.38. The van der Waals surface area contributed by atoms with Gasteiger partial charge in [-0.3, -0.25) is 4.79 Å². The van der Waals surface area contributed by atoms with Crippen LogP contribution in [0.4, 0.5) is 5.69 Å². The molecule has 0 saturated carbocycles. The normalized spacial score (nSPS) is 11.7. The van der Waals surface area contributed by atoms with E-state index in [1.165, 1.54) is 17.5 Å². The average Bonchev–Trinajstić information content (AvgIpc) is 3.03. The van der Waals surface area contributed by atoms with E-state index in [9.17, 15) is 14.7 Å². The largest absolute Gasteiger partial charge is 0.478 e. The number of nitrogens with one attached hydrogen (secondary N) is 1. The monoisotopic (exact) mass is 434 g/mol. The van der Waals surface area contributed by atoms with Gasteiger partial charge in [0.15, 0.2) is 0 Å². The van der Waals surface area contributed by atoms with Crippen LogP contribution >= 0.6 is 27.3 Å². The van der Waals surface area contributed by atoms with Crippen LogP contribution < -0.4 is 11.1 Å². The Balaban J connectivity index is 2.31. The van der Waals surface area contributed by atoms with Gasteiger partial charge in [-0.15, -0.1) is 11.3 Å². The zero-order valence-electron chi connectivity index (χ0n) is 14.2. The molecule has 1 amide bonds. The van der Waals surface area contributed by atoms with Crippen molar-refractivity contribution in [2.75, 3.05) is 5.32 Å². The molecule has 0 bridgehead atoms. The van der Waals surface area contributed by atoms with Gasteiger partial charge in [0.2, 0.25) is 0 Å². The second-order valence-electron chi connectivity index (χ2n) is 5.43. The molecule has 0 aliphatic carbocycles. The van der Waals surface area contributed by atoms with Crippen LogP contribution in [0.1, 0.15) is 30.1 Å². The molecule has 1 aromatic heterocycles. The number of rotatable bonds is 7. The quantitative estimate of drug-likeness (QED) is 0.421. The summed E-state index contributed by atoms with van der Waals surface area (Å²) < 4.78 is 0.903. The highest BCUT2D eigenvalue weighted by molar-refractivity contribution is 9.10. The second-order valence-corrected chi connectivity index (χ2v) is 7.23. The van der Waals surface area contributed by atoms with Crippen molar-refractivity contribution in [1.82, 2.24) is 0 Å². The number of carboxylic acids is 1. The Morgan fingerprint density at radius 2 is 2.00 bits per heavy atom. The van der Waals surface area contributed by atoms with Crippen LogP contribution in [0.15, 0.2) is 58.0 Å². The van der Waals surface area contributed by atoms with Gasteiger partial charge in [-0.05, 0) is 24.1 Å². The van der Waals surface area contributed by atoms with Gasteiger partial charge in [0.05, 0.1) is 16.1 Å². The maximum Gasteiger partial charge on any atom is 0.339 e. The van der Waals surface area contributed by atoms with Crippen molar-refractivity contribution in [3.8, 4) is 10.4 Å². The van der Waals surface area contributed by atoms with Crippen LogP contribution in [0.5, 0.6) is 0 Å². The number of hydrogen-bond acceptors (Lipinski definition) is 4. The van der Waals surface area contributed by atoms with E-state index in [0.29, 0.717) is 4.88 Å². The summed E-state index contributed by atoms with van der Waals surface area (Å²) in [6.07, 6.45) is 6.50. The molecular formula is C19H19BrN2O3S. The fraction of sp³-hybridized carbons (Fsp3) is 0.158. The zero-order valence-corrected chi connectivity index (χ0v) is 16.6. The highest BCUT2D eigenvalue weighted by Gasteiger charge is 2.21.